The molecule has 84 valence electrons. The summed E-state index contributed by atoms with van der Waals surface area (Å²) >= 11 is 0. The Morgan fingerprint density at radius 1 is 1.19 bits per heavy atom. The molecule has 2 heteroatoms. The van der Waals surface area contributed by atoms with Crippen LogP contribution in [0.1, 0.15) is 31.4 Å². The van der Waals surface area contributed by atoms with Crippen LogP contribution >= 0.6 is 0 Å². The lowest BCUT2D eigenvalue weighted by molar-refractivity contribution is 0.469. The molecule has 2 rings (SSSR count). The molecule has 1 heterocycles. The minimum Gasteiger partial charge on any atom is -0.445 e. The molecule has 0 bridgehead atoms. The summed E-state index contributed by atoms with van der Waals surface area (Å²) in [6.45, 7) is 4.09. The maximum absolute atomic E-state index is 5.66. The Balaban J connectivity index is 2.33. The van der Waals surface area contributed by atoms with Crippen LogP contribution in [0.3, 0.4) is 0 Å². The van der Waals surface area contributed by atoms with E-state index < -0.39 is 0 Å². The van der Waals surface area contributed by atoms with Crippen LogP contribution in [0.4, 0.5) is 0 Å². The zero-order valence-corrected chi connectivity index (χ0v) is 9.86. The van der Waals surface area contributed by atoms with Crippen LogP contribution in [-0.2, 0) is 6.42 Å². The fraction of sp³-hybridized carbons (Fsp3) is 0.357. The standard InChI is InChI=1S/C14H17NO/c1-3-4-10-13-14(15-11(2)16-13)12-8-6-5-7-9-12/h5-9H,3-4,10H2,1-2H3. The summed E-state index contributed by atoms with van der Waals surface area (Å²) in [5.74, 6) is 1.77. The lowest BCUT2D eigenvalue weighted by atomic mass is 10.1. The number of oxazole rings is 1. The molecule has 0 radical (unpaired) electrons. The molecule has 0 spiro atoms. The summed E-state index contributed by atoms with van der Waals surface area (Å²) < 4.78 is 5.66. The van der Waals surface area contributed by atoms with Gasteiger partial charge in [0.05, 0.1) is 0 Å². The molecule has 0 N–H and O–H groups in total. The van der Waals surface area contributed by atoms with Crippen molar-refractivity contribution in [1.29, 1.82) is 0 Å². The van der Waals surface area contributed by atoms with Gasteiger partial charge in [0, 0.05) is 18.9 Å². The molecule has 0 atom stereocenters. The molecule has 16 heavy (non-hydrogen) atoms. The normalized spacial score (nSPS) is 10.6. The minimum absolute atomic E-state index is 0.755. The second-order valence-corrected chi connectivity index (χ2v) is 3.97. The smallest absolute Gasteiger partial charge is 0.191 e. The number of hydrogen-bond donors (Lipinski definition) is 0. The van der Waals surface area contributed by atoms with Crippen molar-refractivity contribution in [2.45, 2.75) is 33.1 Å². The zero-order chi connectivity index (χ0) is 11.4. The molecule has 0 saturated carbocycles. The monoisotopic (exact) mass is 215 g/mol. The molecule has 2 nitrogen and oxygen atoms in total. The number of unbranched alkanes of at least 4 members (excludes halogenated alkanes) is 1. The molecule has 0 aliphatic heterocycles. The van der Waals surface area contributed by atoms with Gasteiger partial charge >= 0.3 is 0 Å². The van der Waals surface area contributed by atoms with Gasteiger partial charge in [-0.05, 0) is 6.42 Å². The van der Waals surface area contributed by atoms with Gasteiger partial charge in [0.15, 0.2) is 5.89 Å². The highest BCUT2D eigenvalue weighted by Gasteiger charge is 2.11. The molecule has 0 fully saturated rings. The molecule has 1 aromatic heterocycles. The van der Waals surface area contributed by atoms with Crippen molar-refractivity contribution in [3.8, 4) is 11.3 Å². The number of rotatable bonds is 4. The largest absolute Gasteiger partial charge is 0.445 e. The first kappa shape index (κ1) is 10.9. The van der Waals surface area contributed by atoms with E-state index in [1.807, 2.05) is 25.1 Å². The summed E-state index contributed by atoms with van der Waals surface area (Å²) in [5, 5.41) is 0. The number of nitrogens with zero attached hydrogens (tertiary/aromatic N) is 1. The average Bonchev–Trinajstić information content (AvgIpc) is 2.69. The van der Waals surface area contributed by atoms with E-state index in [0.717, 1.165) is 35.7 Å². The summed E-state index contributed by atoms with van der Waals surface area (Å²) in [6.07, 6.45) is 3.30. The molecule has 0 amide bonds. The molecule has 2 aromatic rings. The number of benzene rings is 1. The fourth-order valence-electron chi connectivity index (χ4n) is 1.80. The highest BCUT2D eigenvalue weighted by Crippen LogP contribution is 2.24. The van der Waals surface area contributed by atoms with Gasteiger partial charge in [0.2, 0.25) is 0 Å². The van der Waals surface area contributed by atoms with Gasteiger partial charge in [-0.3, -0.25) is 0 Å². The topological polar surface area (TPSA) is 26.0 Å². The third-order valence-corrected chi connectivity index (χ3v) is 2.61. The first-order valence-corrected chi connectivity index (χ1v) is 5.83. The second-order valence-electron chi connectivity index (χ2n) is 3.97. The van der Waals surface area contributed by atoms with Crippen LogP contribution in [0.2, 0.25) is 0 Å². The van der Waals surface area contributed by atoms with E-state index in [2.05, 4.69) is 24.0 Å². The van der Waals surface area contributed by atoms with Crippen LogP contribution < -0.4 is 0 Å². The molecular formula is C14H17NO. The summed E-state index contributed by atoms with van der Waals surface area (Å²) in [4.78, 5) is 4.47. The molecule has 0 unspecified atom stereocenters. The third-order valence-electron chi connectivity index (χ3n) is 2.61. The summed E-state index contributed by atoms with van der Waals surface area (Å²) in [7, 11) is 0. The summed E-state index contributed by atoms with van der Waals surface area (Å²) in [5.41, 5.74) is 2.15. The molecule has 0 aliphatic carbocycles. The highest BCUT2D eigenvalue weighted by atomic mass is 16.4. The maximum Gasteiger partial charge on any atom is 0.191 e. The lowest BCUT2D eigenvalue weighted by Gasteiger charge is -1.99. The number of aromatic nitrogens is 1. The Morgan fingerprint density at radius 2 is 1.94 bits per heavy atom. The molecular weight excluding hydrogens is 198 g/mol. The Kier molecular flexibility index (Phi) is 3.40. The van der Waals surface area contributed by atoms with E-state index in [9.17, 15) is 0 Å². The average molecular weight is 215 g/mol. The maximum atomic E-state index is 5.66. The van der Waals surface area contributed by atoms with Gasteiger partial charge in [0.1, 0.15) is 11.5 Å². The summed E-state index contributed by atoms with van der Waals surface area (Å²) in [6, 6.07) is 10.2. The minimum atomic E-state index is 0.755. The molecule has 0 saturated heterocycles. The zero-order valence-electron chi connectivity index (χ0n) is 9.86. The first-order chi connectivity index (χ1) is 7.81. The van der Waals surface area contributed by atoms with Crippen molar-refractivity contribution in [2.75, 3.05) is 0 Å². The quantitative estimate of drug-likeness (QED) is 0.770. The van der Waals surface area contributed by atoms with Crippen molar-refractivity contribution in [3.63, 3.8) is 0 Å². The van der Waals surface area contributed by atoms with E-state index in [0.29, 0.717) is 0 Å². The number of aryl methyl sites for hydroxylation is 2. The fourth-order valence-corrected chi connectivity index (χ4v) is 1.80. The molecule has 0 aliphatic rings. The van der Waals surface area contributed by atoms with Crippen molar-refractivity contribution < 1.29 is 4.42 Å². The highest BCUT2D eigenvalue weighted by molar-refractivity contribution is 5.61. The Labute approximate surface area is 96.3 Å². The van der Waals surface area contributed by atoms with Crippen molar-refractivity contribution >= 4 is 0 Å². The van der Waals surface area contributed by atoms with Crippen LogP contribution in [-0.4, -0.2) is 4.98 Å². The first-order valence-electron chi connectivity index (χ1n) is 5.83. The van der Waals surface area contributed by atoms with Gasteiger partial charge < -0.3 is 4.42 Å². The van der Waals surface area contributed by atoms with Gasteiger partial charge in [-0.1, -0.05) is 43.7 Å². The van der Waals surface area contributed by atoms with Crippen molar-refractivity contribution in [2.24, 2.45) is 0 Å². The Bertz CT molecular complexity index is 445. The predicted molar refractivity (Wildman–Crippen MR) is 65.3 cm³/mol. The van der Waals surface area contributed by atoms with Crippen LogP contribution in [0.5, 0.6) is 0 Å². The van der Waals surface area contributed by atoms with Crippen molar-refractivity contribution in [1.82, 2.24) is 4.98 Å². The Morgan fingerprint density at radius 3 is 2.62 bits per heavy atom. The van der Waals surface area contributed by atoms with Gasteiger partial charge in [0.25, 0.3) is 0 Å². The Hall–Kier alpha value is -1.57. The third kappa shape index (κ3) is 2.32. The van der Waals surface area contributed by atoms with Gasteiger partial charge in [-0.15, -0.1) is 0 Å². The van der Waals surface area contributed by atoms with Gasteiger partial charge in [-0.25, -0.2) is 4.98 Å². The lowest BCUT2D eigenvalue weighted by Crippen LogP contribution is -1.86. The SMILES string of the molecule is CCCCc1oc(C)nc1-c1ccccc1. The molecule has 1 aromatic carbocycles. The van der Waals surface area contributed by atoms with Crippen LogP contribution in [0.25, 0.3) is 11.3 Å². The second kappa shape index (κ2) is 4.97. The van der Waals surface area contributed by atoms with Gasteiger partial charge in [-0.2, -0.15) is 0 Å². The van der Waals surface area contributed by atoms with Crippen LogP contribution in [0.15, 0.2) is 34.7 Å². The van der Waals surface area contributed by atoms with Crippen LogP contribution in [0, 0.1) is 6.92 Å². The van der Waals surface area contributed by atoms with E-state index in [4.69, 9.17) is 4.42 Å². The van der Waals surface area contributed by atoms with E-state index >= 15 is 0 Å². The van der Waals surface area contributed by atoms with Crippen molar-refractivity contribution in [3.05, 3.63) is 42.0 Å². The predicted octanol–water partition coefficient (Wildman–Crippen LogP) is 3.99. The van der Waals surface area contributed by atoms with E-state index in [-0.39, 0.29) is 0 Å². The van der Waals surface area contributed by atoms with E-state index in [1.165, 1.54) is 6.42 Å². The number of hydrogen-bond acceptors (Lipinski definition) is 2. The van der Waals surface area contributed by atoms with E-state index in [1.54, 1.807) is 0 Å².